The first-order valence-electron chi connectivity index (χ1n) is 6.03. The topological polar surface area (TPSA) is 73.6 Å². The van der Waals surface area contributed by atoms with E-state index < -0.39 is 0 Å². The average molecular weight is 299 g/mol. The summed E-state index contributed by atoms with van der Waals surface area (Å²) in [6.07, 6.45) is 2.07. The van der Waals surface area contributed by atoms with Crippen LogP contribution >= 0.6 is 11.6 Å². The highest BCUT2D eigenvalue weighted by Gasteiger charge is 2.18. The lowest BCUT2D eigenvalue weighted by Crippen LogP contribution is -2.21. The Morgan fingerprint density at radius 2 is 2.15 bits per heavy atom. The van der Waals surface area contributed by atoms with Crippen LogP contribution in [0.5, 0.6) is 17.2 Å². The molecule has 0 radical (unpaired) electrons. The third-order valence-electron chi connectivity index (χ3n) is 2.97. The molecule has 0 aliphatic carbocycles. The van der Waals surface area contributed by atoms with Gasteiger partial charge in [0, 0.05) is 18.5 Å². The quantitative estimate of drug-likeness (QED) is 0.851. The highest BCUT2D eigenvalue weighted by molar-refractivity contribution is 6.17. The second kappa shape index (κ2) is 6.00. The van der Waals surface area contributed by atoms with E-state index in [1.165, 1.54) is 25.1 Å². The van der Waals surface area contributed by atoms with E-state index in [9.17, 15) is 9.90 Å². The molecule has 0 amide bonds. The van der Waals surface area contributed by atoms with Crippen LogP contribution in [0.3, 0.4) is 0 Å². The van der Waals surface area contributed by atoms with E-state index in [0.717, 1.165) is 0 Å². The molecule has 2 rings (SSSR count). The maximum atomic E-state index is 12.3. The molecule has 0 unspecified atom stereocenters. The van der Waals surface area contributed by atoms with Gasteiger partial charge < -0.3 is 14.6 Å². The van der Waals surface area contributed by atoms with Gasteiger partial charge in [-0.1, -0.05) is 0 Å². The van der Waals surface area contributed by atoms with Gasteiger partial charge in [-0.25, -0.2) is 4.98 Å². The third kappa shape index (κ3) is 2.38. The number of fused-ring (bicyclic) bond motifs is 1. The molecular formula is C13H15ClN2O4. The molecule has 1 N–H and O–H groups in total. The number of alkyl halides is 1. The number of rotatable bonds is 5. The van der Waals surface area contributed by atoms with Gasteiger partial charge in [-0.3, -0.25) is 9.36 Å². The van der Waals surface area contributed by atoms with Crippen LogP contribution in [0, 0.1) is 0 Å². The minimum atomic E-state index is -0.335. The average Bonchev–Trinajstić information content (AvgIpc) is 2.46. The zero-order valence-corrected chi connectivity index (χ0v) is 12.0. The van der Waals surface area contributed by atoms with Crippen LogP contribution in [0.4, 0.5) is 0 Å². The fraction of sp³-hybridized carbons (Fsp3) is 0.385. The van der Waals surface area contributed by atoms with Crippen LogP contribution in [0.25, 0.3) is 10.9 Å². The van der Waals surface area contributed by atoms with Crippen molar-refractivity contribution < 1.29 is 14.6 Å². The highest BCUT2D eigenvalue weighted by Crippen LogP contribution is 2.40. The summed E-state index contributed by atoms with van der Waals surface area (Å²) in [5.41, 5.74) is 0.0193. The number of halogens is 1. The van der Waals surface area contributed by atoms with Crippen LogP contribution in [-0.2, 0) is 6.54 Å². The minimum absolute atomic E-state index is 0.111. The van der Waals surface area contributed by atoms with Gasteiger partial charge in [0.25, 0.3) is 5.56 Å². The van der Waals surface area contributed by atoms with Crippen molar-refractivity contribution in [2.24, 2.45) is 0 Å². The number of methoxy groups -OCH3 is 2. The first kappa shape index (κ1) is 14.5. The summed E-state index contributed by atoms with van der Waals surface area (Å²) < 4.78 is 11.6. The summed E-state index contributed by atoms with van der Waals surface area (Å²) in [5.74, 6) is 0.624. The number of phenolic OH excluding ortho intramolecular Hbond substituents is 1. The molecule has 0 bridgehead atoms. The molecule has 0 atom stereocenters. The number of aromatic hydroxyl groups is 1. The van der Waals surface area contributed by atoms with Gasteiger partial charge >= 0.3 is 0 Å². The summed E-state index contributed by atoms with van der Waals surface area (Å²) in [4.78, 5) is 16.5. The van der Waals surface area contributed by atoms with E-state index >= 15 is 0 Å². The van der Waals surface area contributed by atoms with E-state index in [2.05, 4.69) is 4.98 Å². The van der Waals surface area contributed by atoms with Gasteiger partial charge in [0.1, 0.15) is 5.39 Å². The van der Waals surface area contributed by atoms with Crippen molar-refractivity contribution in [3.8, 4) is 17.2 Å². The Bertz CT molecular complexity index is 684. The van der Waals surface area contributed by atoms with Crippen LogP contribution < -0.4 is 15.0 Å². The molecule has 1 aromatic carbocycles. The first-order valence-corrected chi connectivity index (χ1v) is 6.56. The maximum Gasteiger partial charge on any atom is 0.265 e. The molecule has 6 nitrogen and oxygen atoms in total. The van der Waals surface area contributed by atoms with E-state index in [-0.39, 0.29) is 22.4 Å². The lowest BCUT2D eigenvalue weighted by atomic mass is 10.2. The summed E-state index contributed by atoms with van der Waals surface area (Å²) in [7, 11) is 2.84. The number of aromatic nitrogens is 2. The molecule has 1 aromatic heterocycles. The Hall–Kier alpha value is -1.95. The van der Waals surface area contributed by atoms with E-state index in [1.807, 2.05) is 0 Å². The molecule has 1 heterocycles. The van der Waals surface area contributed by atoms with Gasteiger partial charge in [-0.2, -0.15) is 0 Å². The van der Waals surface area contributed by atoms with Crippen LogP contribution in [0.1, 0.15) is 6.42 Å². The van der Waals surface area contributed by atoms with Crippen molar-refractivity contribution in [3.05, 3.63) is 22.7 Å². The predicted octanol–water partition coefficient (Wildman–Crippen LogP) is 1.75. The Labute approximate surface area is 120 Å². The second-order valence-corrected chi connectivity index (χ2v) is 4.52. The van der Waals surface area contributed by atoms with Crippen molar-refractivity contribution in [2.45, 2.75) is 13.0 Å². The maximum absolute atomic E-state index is 12.3. The summed E-state index contributed by atoms with van der Waals surface area (Å²) in [6.45, 7) is 0.444. The molecule has 0 aliphatic rings. The van der Waals surface area contributed by atoms with Crippen molar-refractivity contribution in [1.29, 1.82) is 0 Å². The van der Waals surface area contributed by atoms with Gasteiger partial charge in [0.2, 0.25) is 5.75 Å². The van der Waals surface area contributed by atoms with Gasteiger partial charge in [0.15, 0.2) is 11.5 Å². The normalized spacial score (nSPS) is 10.8. The monoisotopic (exact) mass is 298 g/mol. The first-order chi connectivity index (χ1) is 9.63. The predicted molar refractivity (Wildman–Crippen MR) is 76.1 cm³/mol. The van der Waals surface area contributed by atoms with Crippen molar-refractivity contribution in [1.82, 2.24) is 9.55 Å². The smallest absolute Gasteiger partial charge is 0.265 e. The van der Waals surface area contributed by atoms with E-state index in [0.29, 0.717) is 30.1 Å². The van der Waals surface area contributed by atoms with Crippen LogP contribution in [-0.4, -0.2) is 34.8 Å². The van der Waals surface area contributed by atoms with E-state index in [4.69, 9.17) is 21.1 Å². The van der Waals surface area contributed by atoms with Crippen molar-refractivity contribution >= 4 is 22.5 Å². The number of benzene rings is 1. The van der Waals surface area contributed by atoms with Gasteiger partial charge in [0.05, 0.1) is 26.1 Å². The second-order valence-electron chi connectivity index (χ2n) is 4.14. The zero-order chi connectivity index (χ0) is 14.7. The fourth-order valence-electron chi connectivity index (χ4n) is 1.99. The molecule has 108 valence electrons. The molecule has 0 aliphatic heterocycles. The zero-order valence-electron chi connectivity index (χ0n) is 11.2. The molecule has 20 heavy (non-hydrogen) atoms. The standard InChI is InChI=1S/C13H15ClN2O4/c1-19-9-6-8-10(11(17)12(9)20-2)13(18)16(7-15-8)5-3-4-14/h6-7,17H,3-5H2,1-2H3. The van der Waals surface area contributed by atoms with E-state index in [1.54, 1.807) is 6.07 Å². The Kier molecular flexibility index (Phi) is 4.34. The summed E-state index contributed by atoms with van der Waals surface area (Å²) in [5, 5.41) is 10.3. The molecule has 0 saturated heterocycles. The van der Waals surface area contributed by atoms with Gasteiger partial charge in [-0.05, 0) is 6.42 Å². The molecule has 7 heteroatoms. The highest BCUT2D eigenvalue weighted by atomic mass is 35.5. The minimum Gasteiger partial charge on any atom is -0.504 e. The van der Waals surface area contributed by atoms with Gasteiger partial charge in [-0.15, -0.1) is 11.6 Å². The lowest BCUT2D eigenvalue weighted by Gasteiger charge is -2.12. The van der Waals surface area contributed by atoms with Crippen molar-refractivity contribution in [3.63, 3.8) is 0 Å². The SMILES string of the molecule is COc1cc2ncn(CCCCl)c(=O)c2c(O)c1OC. The number of aryl methyl sites for hydroxylation is 1. The van der Waals surface area contributed by atoms with Crippen LogP contribution in [0.15, 0.2) is 17.2 Å². The molecule has 0 saturated carbocycles. The number of hydrogen-bond donors (Lipinski definition) is 1. The Balaban J connectivity index is 2.71. The molecule has 0 spiro atoms. The Morgan fingerprint density at radius 3 is 2.75 bits per heavy atom. The summed E-state index contributed by atoms with van der Waals surface area (Å²) >= 11 is 5.62. The number of ether oxygens (including phenoxy) is 2. The molecule has 0 fully saturated rings. The lowest BCUT2D eigenvalue weighted by molar-refractivity contribution is 0.335. The number of phenols is 1. The fourth-order valence-corrected chi connectivity index (χ4v) is 2.11. The van der Waals surface area contributed by atoms with Crippen molar-refractivity contribution in [2.75, 3.05) is 20.1 Å². The third-order valence-corrected chi connectivity index (χ3v) is 3.23. The largest absolute Gasteiger partial charge is 0.504 e. The number of nitrogens with zero attached hydrogens (tertiary/aromatic N) is 2. The number of hydrogen-bond acceptors (Lipinski definition) is 5. The Morgan fingerprint density at radius 1 is 1.40 bits per heavy atom. The molecular weight excluding hydrogens is 284 g/mol. The molecule has 2 aromatic rings. The van der Waals surface area contributed by atoms with Crippen LogP contribution in [0.2, 0.25) is 0 Å². The summed E-state index contributed by atoms with van der Waals surface area (Å²) in [6, 6.07) is 1.56.